The summed E-state index contributed by atoms with van der Waals surface area (Å²) in [6, 6.07) is 7.57. The highest BCUT2D eigenvalue weighted by Gasteiger charge is 2.14. The van der Waals surface area contributed by atoms with Gasteiger partial charge in [0.05, 0.1) is 7.11 Å². The molecule has 0 aliphatic heterocycles. The average molecular weight is 221 g/mol. The molecule has 0 spiro atoms. The Kier molecular flexibility index (Phi) is 4.50. The molecule has 0 amide bonds. The van der Waals surface area contributed by atoms with Gasteiger partial charge in [0.1, 0.15) is 6.04 Å². The third-order valence-corrected chi connectivity index (χ3v) is 2.58. The van der Waals surface area contributed by atoms with Gasteiger partial charge in [-0.25, -0.2) is 0 Å². The van der Waals surface area contributed by atoms with E-state index in [1.54, 1.807) is 0 Å². The minimum absolute atomic E-state index is 0.366. The molecule has 0 radical (unpaired) electrons. The Bertz CT molecular complexity index is 361. The number of ether oxygens (including phenoxy) is 1. The van der Waals surface area contributed by atoms with Gasteiger partial charge in [0.2, 0.25) is 0 Å². The van der Waals surface area contributed by atoms with E-state index >= 15 is 0 Å². The Hall–Kier alpha value is -1.35. The summed E-state index contributed by atoms with van der Waals surface area (Å²) in [4.78, 5) is 11.2. The molecule has 1 aromatic rings. The third-order valence-electron chi connectivity index (χ3n) is 2.58. The van der Waals surface area contributed by atoms with Crippen molar-refractivity contribution in [3.8, 4) is 0 Å². The van der Waals surface area contributed by atoms with Crippen LogP contribution in [0.3, 0.4) is 0 Å². The van der Waals surface area contributed by atoms with Gasteiger partial charge in [-0.15, -0.1) is 0 Å². The van der Waals surface area contributed by atoms with E-state index in [-0.39, 0.29) is 5.97 Å². The predicted octanol–water partition coefficient (Wildman–Crippen LogP) is 1.85. The van der Waals surface area contributed by atoms with Crippen LogP contribution in [0.1, 0.15) is 30.9 Å². The number of methoxy groups -OCH3 is 1. The Morgan fingerprint density at radius 2 is 2.12 bits per heavy atom. The average Bonchev–Trinajstić information content (AvgIpc) is 2.28. The summed E-state index contributed by atoms with van der Waals surface area (Å²) < 4.78 is 4.60. The first-order valence-electron chi connectivity index (χ1n) is 5.47. The zero-order valence-electron chi connectivity index (χ0n) is 10.1. The first-order valence-corrected chi connectivity index (χ1v) is 5.47. The van der Waals surface area contributed by atoms with Crippen LogP contribution in [0.5, 0.6) is 0 Å². The molecule has 88 valence electrons. The normalized spacial score (nSPS) is 12.6. The number of rotatable bonds is 4. The standard InChI is InChI=1S/C13H19NO2/c1-9(2)11-6-4-5-10(7-11)8-12(14)13(15)16-3/h4-7,9,12H,8,14H2,1-3H3/t12-/m0/s1. The number of hydrogen-bond donors (Lipinski definition) is 1. The number of benzene rings is 1. The molecule has 0 unspecified atom stereocenters. The SMILES string of the molecule is COC(=O)[C@@H](N)Cc1cccc(C(C)C)c1. The minimum Gasteiger partial charge on any atom is -0.468 e. The van der Waals surface area contributed by atoms with Gasteiger partial charge in [0.25, 0.3) is 0 Å². The molecular formula is C13H19NO2. The van der Waals surface area contributed by atoms with Crippen LogP contribution < -0.4 is 5.73 Å². The van der Waals surface area contributed by atoms with Crippen molar-refractivity contribution in [1.82, 2.24) is 0 Å². The van der Waals surface area contributed by atoms with Crippen molar-refractivity contribution in [3.05, 3.63) is 35.4 Å². The Labute approximate surface area is 96.6 Å². The molecule has 1 atom stereocenters. The van der Waals surface area contributed by atoms with Gasteiger partial charge in [-0.3, -0.25) is 4.79 Å². The van der Waals surface area contributed by atoms with Crippen LogP contribution in [0.25, 0.3) is 0 Å². The van der Waals surface area contributed by atoms with E-state index in [9.17, 15) is 4.79 Å². The fourth-order valence-corrected chi connectivity index (χ4v) is 1.57. The lowest BCUT2D eigenvalue weighted by molar-refractivity contribution is -0.142. The van der Waals surface area contributed by atoms with Crippen LogP contribution in [-0.4, -0.2) is 19.1 Å². The molecule has 0 heterocycles. The monoisotopic (exact) mass is 221 g/mol. The molecule has 3 nitrogen and oxygen atoms in total. The number of hydrogen-bond acceptors (Lipinski definition) is 3. The predicted molar refractivity (Wildman–Crippen MR) is 64.2 cm³/mol. The summed E-state index contributed by atoms with van der Waals surface area (Å²) in [7, 11) is 1.35. The summed E-state index contributed by atoms with van der Waals surface area (Å²) in [6.45, 7) is 4.28. The fraction of sp³-hybridized carbons (Fsp3) is 0.462. The van der Waals surface area contributed by atoms with E-state index in [0.29, 0.717) is 12.3 Å². The molecule has 3 heteroatoms. The van der Waals surface area contributed by atoms with Crippen LogP contribution in [0, 0.1) is 0 Å². The maximum absolute atomic E-state index is 11.2. The molecule has 0 fully saturated rings. The molecule has 1 rings (SSSR count). The molecule has 0 bridgehead atoms. The maximum atomic E-state index is 11.2. The van der Waals surface area contributed by atoms with Crippen LogP contribution in [0.15, 0.2) is 24.3 Å². The lowest BCUT2D eigenvalue weighted by Gasteiger charge is -2.11. The smallest absolute Gasteiger partial charge is 0.322 e. The molecule has 16 heavy (non-hydrogen) atoms. The van der Waals surface area contributed by atoms with Gasteiger partial charge >= 0.3 is 5.97 Å². The van der Waals surface area contributed by atoms with Gasteiger partial charge < -0.3 is 10.5 Å². The Morgan fingerprint density at radius 1 is 1.44 bits per heavy atom. The zero-order valence-corrected chi connectivity index (χ0v) is 10.1. The van der Waals surface area contributed by atoms with E-state index in [4.69, 9.17) is 5.73 Å². The maximum Gasteiger partial charge on any atom is 0.322 e. The second kappa shape index (κ2) is 5.66. The highest BCUT2D eigenvalue weighted by atomic mass is 16.5. The van der Waals surface area contributed by atoms with Crippen molar-refractivity contribution in [2.24, 2.45) is 5.73 Å². The summed E-state index contributed by atoms with van der Waals surface area (Å²) >= 11 is 0. The van der Waals surface area contributed by atoms with Crippen LogP contribution in [0.4, 0.5) is 0 Å². The summed E-state index contributed by atoms with van der Waals surface area (Å²) in [5.74, 6) is 0.115. The molecule has 0 aromatic heterocycles. The van der Waals surface area contributed by atoms with Gasteiger partial charge in [0.15, 0.2) is 0 Å². The third kappa shape index (κ3) is 3.35. The number of esters is 1. The minimum atomic E-state index is -0.576. The number of carbonyl (C=O) groups is 1. The van der Waals surface area contributed by atoms with E-state index in [0.717, 1.165) is 5.56 Å². The second-order valence-electron chi connectivity index (χ2n) is 4.23. The molecule has 0 aliphatic carbocycles. The van der Waals surface area contributed by atoms with Gasteiger partial charge in [0, 0.05) is 0 Å². The summed E-state index contributed by atoms with van der Waals surface area (Å²) in [5.41, 5.74) is 8.04. The second-order valence-corrected chi connectivity index (χ2v) is 4.23. The Morgan fingerprint density at radius 3 is 2.69 bits per heavy atom. The van der Waals surface area contributed by atoms with Crippen molar-refractivity contribution >= 4 is 5.97 Å². The molecule has 0 saturated heterocycles. The summed E-state index contributed by atoms with van der Waals surface area (Å²) in [5, 5.41) is 0. The van der Waals surface area contributed by atoms with Crippen molar-refractivity contribution in [2.45, 2.75) is 32.2 Å². The van der Waals surface area contributed by atoms with E-state index in [1.165, 1.54) is 12.7 Å². The van der Waals surface area contributed by atoms with Crippen LogP contribution >= 0.6 is 0 Å². The van der Waals surface area contributed by atoms with Crippen molar-refractivity contribution < 1.29 is 9.53 Å². The first-order chi connectivity index (χ1) is 7.54. The highest BCUT2D eigenvalue weighted by molar-refractivity contribution is 5.75. The molecule has 2 N–H and O–H groups in total. The van der Waals surface area contributed by atoms with E-state index in [1.807, 2.05) is 12.1 Å². The summed E-state index contributed by atoms with van der Waals surface area (Å²) in [6.07, 6.45) is 0.521. The molecular weight excluding hydrogens is 202 g/mol. The Balaban J connectivity index is 2.74. The van der Waals surface area contributed by atoms with Gasteiger partial charge in [-0.1, -0.05) is 38.1 Å². The topological polar surface area (TPSA) is 52.3 Å². The quantitative estimate of drug-likeness (QED) is 0.789. The number of nitrogens with two attached hydrogens (primary N) is 1. The molecule has 0 aliphatic rings. The number of carbonyl (C=O) groups excluding carboxylic acids is 1. The van der Waals surface area contributed by atoms with E-state index < -0.39 is 6.04 Å². The fourth-order valence-electron chi connectivity index (χ4n) is 1.57. The van der Waals surface area contributed by atoms with Crippen LogP contribution in [-0.2, 0) is 16.0 Å². The highest BCUT2D eigenvalue weighted by Crippen LogP contribution is 2.16. The van der Waals surface area contributed by atoms with Gasteiger partial charge in [-0.2, -0.15) is 0 Å². The van der Waals surface area contributed by atoms with Crippen molar-refractivity contribution in [2.75, 3.05) is 7.11 Å². The van der Waals surface area contributed by atoms with Gasteiger partial charge in [-0.05, 0) is 23.5 Å². The zero-order chi connectivity index (χ0) is 12.1. The lowest BCUT2D eigenvalue weighted by atomic mass is 9.98. The molecule has 0 saturated carbocycles. The van der Waals surface area contributed by atoms with Crippen molar-refractivity contribution in [3.63, 3.8) is 0 Å². The molecule has 1 aromatic carbocycles. The lowest BCUT2D eigenvalue weighted by Crippen LogP contribution is -2.33. The first kappa shape index (κ1) is 12.7. The largest absolute Gasteiger partial charge is 0.468 e. The van der Waals surface area contributed by atoms with Crippen LogP contribution in [0.2, 0.25) is 0 Å². The van der Waals surface area contributed by atoms with Crippen molar-refractivity contribution in [1.29, 1.82) is 0 Å². The van der Waals surface area contributed by atoms with E-state index in [2.05, 4.69) is 30.7 Å².